The van der Waals surface area contributed by atoms with E-state index in [0.29, 0.717) is 6.54 Å². The standard InChI is InChI=1S/C10H15BrN4O/c1-4-15(6-9(16)14(2)3)10-8(11)5-12-7-13-10/h5,7H,4,6H2,1-3H3. The number of hydrogen-bond donors (Lipinski definition) is 0. The Bertz CT molecular complexity index is 370. The van der Waals surface area contributed by atoms with Gasteiger partial charge in [-0.25, -0.2) is 9.97 Å². The van der Waals surface area contributed by atoms with Gasteiger partial charge >= 0.3 is 0 Å². The molecule has 0 saturated carbocycles. The first-order chi connectivity index (χ1) is 7.56. The predicted molar refractivity (Wildman–Crippen MR) is 66.3 cm³/mol. The van der Waals surface area contributed by atoms with E-state index < -0.39 is 0 Å². The van der Waals surface area contributed by atoms with Crippen molar-refractivity contribution in [2.24, 2.45) is 0 Å². The highest BCUT2D eigenvalue weighted by molar-refractivity contribution is 9.10. The minimum Gasteiger partial charge on any atom is -0.347 e. The summed E-state index contributed by atoms with van der Waals surface area (Å²) in [6.45, 7) is 3.02. The topological polar surface area (TPSA) is 49.3 Å². The fraction of sp³-hybridized carbons (Fsp3) is 0.500. The molecule has 1 aromatic heterocycles. The maximum Gasteiger partial charge on any atom is 0.241 e. The number of carbonyl (C=O) groups excluding carboxylic acids is 1. The van der Waals surface area contributed by atoms with Crippen LogP contribution in [0.4, 0.5) is 5.82 Å². The van der Waals surface area contributed by atoms with E-state index in [4.69, 9.17) is 0 Å². The van der Waals surface area contributed by atoms with E-state index in [-0.39, 0.29) is 5.91 Å². The molecule has 0 aliphatic carbocycles. The van der Waals surface area contributed by atoms with Crippen LogP contribution >= 0.6 is 15.9 Å². The molecule has 1 rings (SSSR count). The molecule has 0 aromatic carbocycles. The van der Waals surface area contributed by atoms with E-state index in [2.05, 4.69) is 25.9 Å². The van der Waals surface area contributed by atoms with Crippen molar-refractivity contribution in [2.75, 3.05) is 32.1 Å². The van der Waals surface area contributed by atoms with Crippen LogP contribution in [0.5, 0.6) is 0 Å². The van der Waals surface area contributed by atoms with E-state index in [9.17, 15) is 4.79 Å². The smallest absolute Gasteiger partial charge is 0.241 e. The van der Waals surface area contributed by atoms with Crippen molar-refractivity contribution in [3.63, 3.8) is 0 Å². The second kappa shape index (κ2) is 5.79. The second-order valence-electron chi connectivity index (χ2n) is 3.50. The quantitative estimate of drug-likeness (QED) is 0.833. The average molecular weight is 287 g/mol. The van der Waals surface area contributed by atoms with Crippen LogP contribution in [0.2, 0.25) is 0 Å². The first kappa shape index (κ1) is 12.9. The molecular weight excluding hydrogens is 272 g/mol. The molecule has 16 heavy (non-hydrogen) atoms. The molecule has 0 unspecified atom stereocenters. The van der Waals surface area contributed by atoms with Crippen molar-refractivity contribution in [3.05, 3.63) is 17.0 Å². The van der Waals surface area contributed by atoms with E-state index in [1.165, 1.54) is 6.33 Å². The van der Waals surface area contributed by atoms with Gasteiger partial charge in [-0.05, 0) is 22.9 Å². The fourth-order valence-electron chi connectivity index (χ4n) is 1.18. The van der Waals surface area contributed by atoms with Gasteiger partial charge in [-0.15, -0.1) is 0 Å². The number of aromatic nitrogens is 2. The van der Waals surface area contributed by atoms with Crippen molar-refractivity contribution in [2.45, 2.75) is 6.92 Å². The number of amides is 1. The highest BCUT2D eigenvalue weighted by Crippen LogP contribution is 2.21. The van der Waals surface area contributed by atoms with E-state index >= 15 is 0 Å². The van der Waals surface area contributed by atoms with Gasteiger partial charge < -0.3 is 9.80 Å². The molecule has 1 heterocycles. The molecule has 0 N–H and O–H groups in total. The average Bonchev–Trinajstić information content (AvgIpc) is 2.26. The minimum atomic E-state index is 0.0485. The van der Waals surface area contributed by atoms with Crippen LogP contribution in [0, 0.1) is 0 Å². The normalized spacial score (nSPS) is 10.0. The SMILES string of the molecule is CCN(CC(=O)N(C)C)c1ncncc1Br. The van der Waals surface area contributed by atoms with Gasteiger partial charge in [0.05, 0.1) is 11.0 Å². The largest absolute Gasteiger partial charge is 0.347 e. The van der Waals surface area contributed by atoms with E-state index in [1.54, 1.807) is 25.2 Å². The van der Waals surface area contributed by atoms with Crippen LogP contribution in [0.1, 0.15) is 6.92 Å². The van der Waals surface area contributed by atoms with Crippen molar-refractivity contribution in [1.29, 1.82) is 0 Å². The van der Waals surface area contributed by atoms with E-state index in [1.807, 2.05) is 11.8 Å². The zero-order valence-corrected chi connectivity index (χ0v) is 11.2. The lowest BCUT2D eigenvalue weighted by atomic mass is 10.4. The summed E-state index contributed by atoms with van der Waals surface area (Å²) in [5, 5.41) is 0. The maximum absolute atomic E-state index is 11.6. The van der Waals surface area contributed by atoms with Crippen LogP contribution < -0.4 is 4.90 Å². The molecule has 5 nitrogen and oxygen atoms in total. The summed E-state index contributed by atoms with van der Waals surface area (Å²) in [4.78, 5) is 23.1. The molecule has 0 aliphatic rings. The Labute approximate surface area is 104 Å². The first-order valence-corrected chi connectivity index (χ1v) is 5.76. The summed E-state index contributed by atoms with van der Waals surface area (Å²) in [7, 11) is 3.48. The van der Waals surface area contributed by atoms with Gasteiger partial charge in [-0.3, -0.25) is 4.79 Å². The highest BCUT2D eigenvalue weighted by atomic mass is 79.9. The molecule has 0 radical (unpaired) electrons. The Morgan fingerprint density at radius 2 is 2.19 bits per heavy atom. The monoisotopic (exact) mass is 286 g/mol. The Balaban J connectivity index is 2.83. The number of halogens is 1. The van der Waals surface area contributed by atoms with Gasteiger partial charge in [0.15, 0.2) is 0 Å². The van der Waals surface area contributed by atoms with Crippen molar-refractivity contribution in [3.8, 4) is 0 Å². The lowest BCUT2D eigenvalue weighted by Gasteiger charge is -2.23. The van der Waals surface area contributed by atoms with Gasteiger partial charge in [-0.2, -0.15) is 0 Å². The van der Waals surface area contributed by atoms with E-state index in [0.717, 1.165) is 16.8 Å². The van der Waals surface area contributed by atoms with Gasteiger partial charge in [-0.1, -0.05) is 0 Å². The van der Waals surface area contributed by atoms with Gasteiger partial charge in [0, 0.05) is 26.8 Å². The van der Waals surface area contributed by atoms with Crippen LogP contribution in [0.3, 0.4) is 0 Å². The van der Waals surface area contributed by atoms with Crippen molar-refractivity contribution in [1.82, 2.24) is 14.9 Å². The summed E-state index contributed by atoms with van der Waals surface area (Å²) in [6.07, 6.45) is 3.15. The molecule has 0 bridgehead atoms. The van der Waals surface area contributed by atoms with Gasteiger partial charge in [0.2, 0.25) is 5.91 Å². The molecule has 0 spiro atoms. The number of likely N-dealkylation sites (N-methyl/N-ethyl adjacent to an activating group) is 2. The van der Waals surface area contributed by atoms with Crippen LogP contribution in [-0.2, 0) is 4.79 Å². The molecular formula is C10H15BrN4O. The molecule has 6 heteroatoms. The molecule has 0 fully saturated rings. The van der Waals surface area contributed by atoms with Crippen LogP contribution in [-0.4, -0.2) is 48.0 Å². The molecule has 1 amide bonds. The first-order valence-electron chi connectivity index (χ1n) is 4.96. The summed E-state index contributed by atoms with van der Waals surface area (Å²) < 4.78 is 0.795. The van der Waals surface area contributed by atoms with Gasteiger partial charge in [0.1, 0.15) is 12.1 Å². The van der Waals surface area contributed by atoms with Crippen molar-refractivity contribution >= 4 is 27.7 Å². The minimum absolute atomic E-state index is 0.0485. The zero-order valence-electron chi connectivity index (χ0n) is 9.64. The molecule has 88 valence electrons. The molecule has 0 aliphatic heterocycles. The van der Waals surface area contributed by atoms with Crippen LogP contribution in [0.25, 0.3) is 0 Å². The number of hydrogen-bond acceptors (Lipinski definition) is 4. The Morgan fingerprint density at radius 3 is 2.69 bits per heavy atom. The molecule has 0 saturated heterocycles. The third kappa shape index (κ3) is 3.16. The predicted octanol–water partition coefficient (Wildman–Crippen LogP) is 1.15. The number of carbonyl (C=O) groups is 1. The Morgan fingerprint density at radius 1 is 1.50 bits per heavy atom. The highest BCUT2D eigenvalue weighted by Gasteiger charge is 2.14. The summed E-state index contributed by atoms with van der Waals surface area (Å²) in [5.41, 5.74) is 0. The number of nitrogens with zero attached hydrogens (tertiary/aromatic N) is 4. The fourth-order valence-corrected chi connectivity index (χ4v) is 1.65. The lowest BCUT2D eigenvalue weighted by Crippen LogP contribution is -2.37. The molecule has 0 atom stereocenters. The third-order valence-corrected chi connectivity index (χ3v) is 2.71. The summed E-state index contributed by atoms with van der Waals surface area (Å²) in [5.74, 6) is 0.792. The van der Waals surface area contributed by atoms with Crippen molar-refractivity contribution < 1.29 is 4.79 Å². The summed E-state index contributed by atoms with van der Waals surface area (Å²) in [6, 6.07) is 0. The lowest BCUT2D eigenvalue weighted by molar-refractivity contribution is -0.127. The van der Waals surface area contributed by atoms with Crippen LogP contribution in [0.15, 0.2) is 17.0 Å². The number of anilines is 1. The van der Waals surface area contributed by atoms with Gasteiger partial charge in [0.25, 0.3) is 0 Å². The number of rotatable bonds is 4. The maximum atomic E-state index is 11.6. The second-order valence-corrected chi connectivity index (χ2v) is 4.35. The zero-order chi connectivity index (χ0) is 12.1. The third-order valence-electron chi connectivity index (χ3n) is 2.15. The Hall–Kier alpha value is -1.17. The Kier molecular flexibility index (Phi) is 4.67. The molecule has 1 aromatic rings. The summed E-state index contributed by atoms with van der Waals surface area (Å²) >= 11 is 3.37.